The molecule has 12 aromatic heterocycles. The van der Waals surface area contributed by atoms with Gasteiger partial charge in [0.15, 0.2) is 40.0 Å². The van der Waals surface area contributed by atoms with E-state index in [2.05, 4.69) is 86.8 Å². The van der Waals surface area contributed by atoms with Crippen molar-refractivity contribution in [2.45, 2.75) is 12.7 Å². The number of nitrogens with zero attached hydrogens (tertiary/aromatic N) is 15. The molecule has 14 aromatic rings. The lowest BCUT2D eigenvalue weighted by atomic mass is 10.1. The van der Waals surface area contributed by atoms with Gasteiger partial charge in [0.2, 0.25) is 5.95 Å². The number of H-pyrrole nitrogens is 1. The number of nitrogens with one attached hydrogen (secondary N) is 1. The Hall–Kier alpha value is -11.2. The van der Waals surface area contributed by atoms with E-state index in [4.69, 9.17) is 0 Å². The molecule has 0 saturated heterocycles. The van der Waals surface area contributed by atoms with Crippen molar-refractivity contribution in [3.8, 4) is 51.2 Å². The van der Waals surface area contributed by atoms with Crippen LogP contribution in [0.2, 0.25) is 0 Å². The Morgan fingerprint density at radius 1 is 0.382 bits per heavy atom. The highest BCUT2D eigenvalue weighted by Crippen LogP contribution is 2.28. The van der Waals surface area contributed by atoms with Crippen LogP contribution >= 0.6 is 31.9 Å². The summed E-state index contributed by atoms with van der Waals surface area (Å²) in [7, 11) is 0. The maximum absolute atomic E-state index is 12.6. The summed E-state index contributed by atoms with van der Waals surface area (Å²) in [6.07, 6.45) is 3.17. The normalized spacial score (nSPS) is 11.2. The molecule has 0 aliphatic rings. The first-order valence-electron chi connectivity index (χ1n) is 25.5. The van der Waals surface area contributed by atoms with Gasteiger partial charge in [-0.25, -0.2) is 61.8 Å². The van der Waals surface area contributed by atoms with Crippen LogP contribution in [0, 0.1) is 5.95 Å². The minimum absolute atomic E-state index is 0.221. The molecule has 1 N–H and O–H groups in total. The van der Waals surface area contributed by atoms with Gasteiger partial charge in [-0.15, -0.1) is 41.6 Å². The number of aromatic amines is 1. The zero-order valence-corrected chi connectivity index (χ0v) is 48.0. The number of pyridine rings is 8. The lowest BCUT2D eigenvalue weighted by Crippen LogP contribution is -2.20. The molecular formula is C58H37Br2F7N16O6. The van der Waals surface area contributed by atoms with Crippen molar-refractivity contribution in [2.75, 3.05) is 0 Å². The molecule has 0 spiro atoms. The molecule has 12 heterocycles. The maximum atomic E-state index is 12.6. The first-order chi connectivity index (χ1) is 42.7. The Morgan fingerprint density at radius 2 is 0.730 bits per heavy atom. The van der Waals surface area contributed by atoms with E-state index in [1.54, 1.807) is 140 Å². The molecule has 0 unspecified atom stereocenters. The molecule has 31 heteroatoms. The van der Waals surface area contributed by atoms with Gasteiger partial charge in [-0.05, 0) is 175 Å². The van der Waals surface area contributed by atoms with Gasteiger partial charge in [-0.2, -0.15) is 23.5 Å². The van der Waals surface area contributed by atoms with Gasteiger partial charge in [0, 0.05) is 58.5 Å². The fourth-order valence-electron chi connectivity index (χ4n) is 8.04. The molecule has 0 bridgehead atoms. The number of benzene rings is 2. The first kappa shape index (κ1) is 60.9. The van der Waals surface area contributed by atoms with Crippen LogP contribution in [0.25, 0.3) is 62.3 Å². The third-order valence-electron chi connectivity index (χ3n) is 12.0. The number of hydrogen-bond donors (Lipinski definition) is 1. The maximum Gasteiger partial charge on any atom is 0.573 e. The second kappa shape index (κ2) is 26.6. The molecule has 22 nitrogen and oxygen atoms in total. The van der Waals surface area contributed by atoms with Gasteiger partial charge < -0.3 is 9.47 Å². The van der Waals surface area contributed by atoms with Gasteiger partial charge in [0.05, 0.1) is 0 Å². The number of hydrogen-bond acceptors (Lipinski definition) is 14. The average Bonchev–Trinajstić information content (AvgIpc) is 1.83. The molecule has 0 aliphatic heterocycles. The van der Waals surface area contributed by atoms with Crippen molar-refractivity contribution in [2.24, 2.45) is 0 Å². The van der Waals surface area contributed by atoms with E-state index in [1.165, 1.54) is 92.4 Å². The zero-order valence-electron chi connectivity index (χ0n) is 44.8. The minimum atomic E-state index is -4.74. The summed E-state index contributed by atoms with van der Waals surface area (Å²) >= 11 is 6.57. The molecule has 0 atom stereocenters. The average molecular weight is 1350 g/mol. The summed E-state index contributed by atoms with van der Waals surface area (Å²) in [5.41, 5.74) is 3.34. The van der Waals surface area contributed by atoms with Gasteiger partial charge in [-0.1, -0.05) is 48.5 Å². The molecule has 448 valence electrons. The van der Waals surface area contributed by atoms with E-state index < -0.39 is 30.1 Å². The van der Waals surface area contributed by atoms with E-state index >= 15 is 0 Å². The van der Waals surface area contributed by atoms with Crippen LogP contribution in [-0.2, 0) is 0 Å². The number of fused-ring (bicyclic) bond motifs is 4. The van der Waals surface area contributed by atoms with E-state index in [-0.39, 0.29) is 22.9 Å². The number of aromatic nitrogens is 16. The quantitative estimate of drug-likeness (QED) is 0.115. The Labute approximate surface area is 509 Å². The van der Waals surface area contributed by atoms with Crippen LogP contribution in [0.1, 0.15) is 0 Å². The fraction of sp³-hybridized carbons (Fsp3) is 0.0345. The van der Waals surface area contributed by atoms with Crippen molar-refractivity contribution < 1.29 is 40.2 Å². The molecule has 0 radical (unpaired) electrons. The highest BCUT2D eigenvalue weighted by Gasteiger charge is 2.32. The summed E-state index contributed by atoms with van der Waals surface area (Å²) in [5.74, 6) is 0.238. The Bertz CT molecular complexity index is 4780. The zero-order chi connectivity index (χ0) is 62.8. The molecule has 0 fully saturated rings. The summed E-state index contributed by atoms with van der Waals surface area (Å²) in [4.78, 5) is 63.9. The minimum Gasteiger partial charge on any atom is -0.406 e. The number of ether oxygens (including phenoxy) is 2. The standard InChI is InChI=1S/2C18H11F3N4O2.C11H7BrN4O.C6H4BrN3O.C5H4FN/c2*19-18(20,21)27-14-7-4-12(5-8-14)13-6-9-16-23-25(17(26)24(16)11-13)15-3-1-2-10-22-15;12-8-4-5-10-14-16(11(17)15(10)7-8)9-3-1-2-6-13-9;7-4-1-2-5-8-9-6(11)10(5)3-4;6-5-3-1-2-4-7-5/h2*1-11H;1-7H;1-3H,(H,9,11);1-4H. The lowest BCUT2D eigenvalue weighted by Gasteiger charge is -2.09. The van der Waals surface area contributed by atoms with Crippen molar-refractivity contribution in [3.05, 3.63) is 276 Å². The Kier molecular flexibility index (Phi) is 18.2. The summed E-state index contributed by atoms with van der Waals surface area (Å²) in [6, 6.07) is 44.9. The van der Waals surface area contributed by atoms with Gasteiger partial charge in [-0.3, -0.25) is 0 Å². The van der Waals surface area contributed by atoms with Crippen LogP contribution in [0.15, 0.2) is 248 Å². The highest BCUT2D eigenvalue weighted by molar-refractivity contribution is 9.10. The largest absolute Gasteiger partial charge is 0.573 e. The van der Waals surface area contributed by atoms with E-state index in [1.807, 2.05) is 18.2 Å². The van der Waals surface area contributed by atoms with E-state index in [9.17, 15) is 49.9 Å². The van der Waals surface area contributed by atoms with Gasteiger partial charge in [0.25, 0.3) is 0 Å². The SMILES string of the molecule is Fc1ccccn1.O=c1[nH]nc2ccc(Br)cn12.O=c1n(-c2ccccn2)nc2ccc(-c3ccc(OC(F)(F)F)cc3)cn12.O=c1n(-c2ccccn2)nc2ccc(-c3ccc(OC(F)(F)F)cc3)cn12.O=c1n(-c2ccccn2)nc2ccc(Br)cn12. The molecule has 0 amide bonds. The second-order valence-corrected chi connectivity index (χ2v) is 19.7. The molecule has 0 aliphatic carbocycles. The van der Waals surface area contributed by atoms with E-state index in [0.29, 0.717) is 62.3 Å². The number of alkyl halides is 6. The smallest absolute Gasteiger partial charge is 0.406 e. The van der Waals surface area contributed by atoms with Gasteiger partial charge >= 0.3 is 35.5 Å². The van der Waals surface area contributed by atoms with Crippen LogP contribution in [0.3, 0.4) is 0 Å². The summed E-state index contributed by atoms with van der Waals surface area (Å²) < 4.78 is 104. The van der Waals surface area contributed by atoms with Crippen molar-refractivity contribution in [1.82, 2.24) is 77.1 Å². The summed E-state index contributed by atoms with van der Waals surface area (Å²) in [6.45, 7) is 0. The topological polar surface area (TPSA) is 238 Å². The lowest BCUT2D eigenvalue weighted by molar-refractivity contribution is -0.275. The van der Waals surface area contributed by atoms with Gasteiger partial charge in [0.1, 0.15) is 11.5 Å². The number of rotatable bonds is 7. The predicted molar refractivity (Wildman–Crippen MR) is 315 cm³/mol. The molecule has 0 saturated carbocycles. The van der Waals surface area contributed by atoms with Crippen molar-refractivity contribution in [1.29, 1.82) is 0 Å². The summed E-state index contributed by atoms with van der Waals surface area (Å²) in [5, 5.41) is 18.8. The molecule has 89 heavy (non-hydrogen) atoms. The second-order valence-electron chi connectivity index (χ2n) is 17.9. The Morgan fingerprint density at radius 3 is 1.08 bits per heavy atom. The first-order valence-corrected chi connectivity index (χ1v) is 27.1. The molecular weight excluding hydrogens is 1310 g/mol. The molecule has 2 aromatic carbocycles. The third-order valence-corrected chi connectivity index (χ3v) is 12.9. The third kappa shape index (κ3) is 15.3. The predicted octanol–water partition coefficient (Wildman–Crippen LogP) is 10.5. The van der Waals surface area contributed by atoms with Crippen LogP contribution < -0.4 is 32.2 Å². The molecule has 14 rings (SSSR count). The monoisotopic (exact) mass is 1340 g/mol. The van der Waals surface area contributed by atoms with Crippen molar-refractivity contribution >= 4 is 54.4 Å². The highest BCUT2D eigenvalue weighted by atomic mass is 79.9. The number of halogens is 9. The fourth-order valence-corrected chi connectivity index (χ4v) is 8.72. The van der Waals surface area contributed by atoms with Crippen LogP contribution in [0.5, 0.6) is 11.5 Å². The van der Waals surface area contributed by atoms with E-state index in [0.717, 1.165) is 8.95 Å². The van der Waals surface area contributed by atoms with Crippen LogP contribution in [0.4, 0.5) is 30.7 Å². The van der Waals surface area contributed by atoms with Crippen molar-refractivity contribution in [3.63, 3.8) is 0 Å². The Balaban J connectivity index is 0.000000131. The van der Waals surface area contributed by atoms with Crippen LogP contribution in [-0.4, -0.2) is 89.8 Å².